The van der Waals surface area contributed by atoms with Crippen LogP contribution in [0.15, 0.2) is 122 Å². The van der Waals surface area contributed by atoms with Crippen molar-refractivity contribution in [2.75, 3.05) is 13.2 Å². The molecular formula is C61H94O12. The number of aliphatic hydroxyl groups excluding tert-OH is 2. The van der Waals surface area contributed by atoms with Crippen LogP contribution in [-0.4, -0.2) is 89.2 Å². The number of ether oxygens (including phenoxy) is 5. The number of carbonyl (C=O) groups is 4. The quantitative estimate of drug-likeness (QED) is 0.0228. The van der Waals surface area contributed by atoms with Gasteiger partial charge < -0.3 is 39.0 Å². The molecule has 410 valence electrons. The lowest BCUT2D eigenvalue weighted by Crippen LogP contribution is -2.61. The van der Waals surface area contributed by atoms with E-state index in [1.165, 1.54) is 0 Å². The van der Waals surface area contributed by atoms with Gasteiger partial charge in [-0.2, -0.15) is 0 Å². The van der Waals surface area contributed by atoms with E-state index in [2.05, 4.69) is 124 Å². The summed E-state index contributed by atoms with van der Waals surface area (Å²) in [4.78, 5) is 50.9. The maximum Gasteiger partial charge on any atom is 0.335 e. The normalized spacial score (nSPS) is 19.3. The maximum atomic E-state index is 13.1. The van der Waals surface area contributed by atoms with Crippen LogP contribution in [0.4, 0.5) is 0 Å². The number of carboxylic acid groups (broad SMARTS) is 1. The minimum atomic E-state index is -1.93. The number of aliphatic hydroxyl groups is 2. The van der Waals surface area contributed by atoms with Gasteiger partial charge in [-0.15, -0.1) is 0 Å². The Morgan fingerprint density at radius 3 is 1.38 bits per heavy atom. The molecule has 0 amide bonds. The molecule has 0 bridgehead atoms. The zero-order valence-electron chi connectivity index (χ0n) is 44.8. The highest BCUT2D eigenvalue weighted by Gasteiger charge is 2.50. The van der Waals surface area contributed by atoms with Crippen molar-refractivity contribution in [1.29, 1.82) is 0 Å². The highest BCUT2D eigenvalue weighted by molar-refractivity contribution is 5.74. The molecule has 0 spiro atoms. The third-order valence-electron chi connectivity index (χ3n) is 11.5. The number of esters is 3. The van der Waals surface area contributed by atoms with Crippen LogP contribution in [0, 0.1) is 0 Å². The van der Waals surface area contributed by atoms with Crippen LogP contribution in [0.3, 0.4) is 0 Å². The Morgan fingerprint density at radius 2 is 0.904 bits per heavy atom. The number of aliphatic carboxylic acids is 1. The zero-order valence-corrected chi connectivity index (χ0v) is 44.8. The van der Waals surface area contributed by atoms with Gasteiger partial charge in [0.15, 0.2) is 24.6 Å². The third kappa shape index (κ3) is 38.4. The molecule has 1 saturated heterocycles. The van der Waals surface area contributed by atoms with E-state index in [-0.39, 0.29) is 25.9 Å². The molecule has 1 rings (SSSR count). The Kier molecular flexibility index (Phi) is 43.6. The Balaban J connectivity index is 2.80. The van der Waals surface area contributed by atoms with E-state index < -0.39 is 67.3 Å². The number of unbranched alkanes of at least 4 members (excludes halogenated alkanes) is 11. The van der Waals surface area contributed by atoms with Gasteiger partial charge in [0, 0.05) is 12.8 Å². The second kappa shape index (κ2) is 48.1. The Bertz CT molecular complexity index is 1730. The molecule has 0 radical (unpaired) electrons. The fourth-order valence-electron chi connectivity index (χ4n) is 7.37. The summed E-state index contributed by atoms with van der Waals surface area (Å²) in [6, 6.07) is 0. The van der Waals surface area contributed by atoms with Crippen molar-refractivity contribution < 1.29 is 58.2 Å². The van der Waals surface area contributed by atoms with Crippen LogP contribution in [-0.2, 0) is 42.9 Å². The van der Waals surface area contributed by atoms with E-state index >= 15 is 0 Å². The lowest BCUT2D eigenvalue weighted by Gasteiger charge is -2.40. The summed E-state index contributed by atoms with van der Waals surface area (Å²) in [6.07, 6.45) is 53.4. The number of carbonyl (C=O) groups excluding carboxylic acids is 3. The SMILES string of the molecule is CC/C=C\C/C=C\C/C=C\C/C=C\C/C=C\CC(=O)OCC(COC1OC(C(=O)O)C(O)C(O)C1OC(=O)CCCCCCC/C=C\C/C=C\C/C=C\CC)OC(=O)CCCCCCC/C=C\C/C=C\CCC. The van der Waals surface area contributed by atoms with Gasteiger partial charge in [0.1, 0.15) is 18.8 Å². The summed E-state index contributed by atoms with van der Waals surface area (Å²) in [5.41, 5.74) is 0. The Labute approximate surface area is 439 Å². The van der Waals surface area contributed by atoms with E-state index in [9.17, 15) is 34.5 Å². The van der Waals surface area contributed by atoms with Gasteiger partial charge >= 0.3 is 23.9 Å². The molecule has 0 aromatic carbocycles. The molecule has 0 aromatic rings. The largest absolute Gasteiger partial charge is 0.479 e. The topological polar surface area (TPSA) is 175 Å². The first-order valence-electron chi connectivity index (χ1n) is 27.5. The summed E-state index contributed by atoms with van der Waals surface area (Å²) in [6.45, 7) is 5.56. The number of allylic oxidation sites excluding steroid dienone is 19. The molecule has 73 heavy (non-hydrogen) atoms. The fourth-order valence-corrected chi connectivity index (χ4v) is 7.37. The first-order valence-corrected chi connectivity index (χ1v) is 27.5. The Morgan fingerprint density at radius 1 is 0.479 bits per heavy atom. The van der Waals surface area contributed by atoms with E-state index in [1.54, 1.807) is 6.08 Å². The molecule has 1 aliphatic heterocycles. The van der Waals surface area contributed by atoms with Crippen LogP contribution in [0.2, 0.25) is 0 Å². The standard InChI is InChI=1S/C61H94O12/c1-4-7-10-13-16-19-22-25-27-30-32-35-38-41-44-47-53(62)69-50-52(71-54(63)48-45-42-39-36-33-29-24-21-18-15-12-9-6-3)51-70-61-59(57(66)56(65)58(73-61)60(67)68)72-55(64)49-46-43-40-37-34-31-28-26-23-20-17-14-11-8-5-2/h7-8,10-12,15-17,19-21,24-28,32,35,41,44,52,56-59,61,65-66H,4-6,9,13-14,18,22-23,29-31,33-34,36-40,42-43,45-51H2,1-3H3,(H,67,68)/b10-7-,11-8-,15-12-,19-16-,20-17-,24-21-,27-25-,28-26-,35-32-,44-41-. The van der Waals surface area contributed by atoms with Gasteiger partial charge in [0.25, 0.3) is 0 Å². The average Bonchev–Trinajstić information content (AvgIpc) is 3.37. The summed E-state index contributed by atoms with van der Waals surface area (Å²) >= 11 is 0. The van der Waals surface area contributed by atoms with Crippen molar-refractivity contribution in [3.63, 3.8) is 0 Å². The lowest BCUT2D eigenvalue weighted by atomic mass is 9.98. The number of carboxylic acids is 1. The van der Waals surface area contributed by atoms with Gasteiger partial charge in [0.05, 0.1) is 13.0 Å². The van der Waals surface area contributed by atoms with Gasteiger partial charge in [-0.1, -0.05) is 187 Å². The molecule has 6 unspecified atom stereocenters. The van der Waals surface area contributed by atoms with E-state index in [4.69, 9.17) is 23.7 Å². The maximum absolute atomic E-state index is 13.1. The number of rotatable bonds is 44. The van der Waals surface area contributed by atoms with Gasteiger partial charge in [-0.25, -0.2) is 4.79 Å². The predicted molar refractivity (Wildman–Crippen MR) is 293 cm³/mol. The molecular weight excluding hydrogens is 925 g/mol. The first-order chi connectivity index (χ1) is 35.6. The molecule has 12 nitrogen and oxygen atoms in total. The summed E-state index contributed by atoms with van der Waals surface area (Å²) < 4.78 is 28.2. The highest BCUT2D eigenvalue weighted by atomic mass is 16.7. The van der Waals surface area contributed by atoms with Crippen LogP contribution < -0.4 is 0 Å². The van der Waals surface area contributed by atoms with Crippen molar-refractivity contribution in [2.45, 2.75) is 225 Å². The predicted octanol–water partition coefficient (Wildman–Crippen LogP) is 13.7. The van der Waals surface area contributed by atoms with Crippen LogP contribution in [0.25, 0.3) is 0 Å². The van der Waals surface area contributed by atoms with Crippen LogP contribution in [0.1, 0.15) is 188 Å². The molecule has 0 aliphatic carbocycles. The minimum absolute atomic E-state index is 0.0240. The van der Waals surface area contributed by atoms with E-state index in [0.29, 0.717) is 19.3 Å². The smallest absolute Gasteiger partial charge is 0.335 e. The first kappa shape index (κ1) is 66.1. The molecule has 0 saturated carbocycles. The van der Waals surface area contributed by atoms with Crippen molar-refractivity contribution in [3.8, 4) is 0 Å². The molecule has 6 atom stereocenters. The van der Waals surface area contributed by atoms with Crippen molar-refractivity contribution >= 4 is 23.9 Å². The molecule has 1 fully saturated rings. The third-order valence-corrected chi connectivity index (χ3v) is 11.5. The summed E-state index contributed by atoms with van der Waals surface area (Å²) in [5, 5.41) is 31.4. The minimum Gasteiger partial charge on any atom is -0.479 e. The van der Waals surface area contributed by atoms with Crippen LogP contribution in [0.5, 0.6) is 0 Å². The van der Waals surface area contributed by atoms with Gasteiger partial charge in [-0.05, 0) is 103 Å². The molecule has 1 heterocycles. The van der Waals surface area contributed by atoms with Crippen molar-refractivity contribution in [1.82, 2.24) is 0 Å². The average molecular weight is 1020 g/mol. The Hall–Kier alpha value is -4.88. The second-order valence-electron chi connectivity index (χ2n) is 18.1. The number of hydrogen-bond donors (Lipinski definition) is 3. The fraction of sp³-hybridized carbons (Fsp3) is 0.607. The van der Waals surface area contributed by atoms with Gasteiger partial charge in [0.2, 0.25) is 0 Å². The van der Waals surface area contributed by atoms with E-state index in [0.717, 1.165) is 128 Å². The van der Waals surface area contributed by atoms with Crippen molar-refractivity contribution in [3.05, 3.63) is 122 Å². The van der Waals surface area contributed by atoms with E-state index in [1.807, 2.05) is 12.2 Å². The summed E-state index contributed by atoms with van der Waals surface area (Å²) in [7, 11) is 0. The van der Waals surface area contributed by atoms with Gasteiger partial charge in [-0.3, -0.25) is 14.4 Å². The molecule has 3 N–H and O–H groups in total. The highest BCUT2D eigenvalue weighted by Crippen LogP contribution is 2.26. The lowest BCUT2D eigenvalue weighted by molar-refractivity contribution is -0.301. The second-order valence-corrected chi connectivity index (χ2v) is 18.1. The van der Waals surface area contributed by atoms with Crippen LogP contribution >= 0.6 is 0 Å². The molecule has 12 heteroatoms. The molecule has 0 aromatic heterocycles. The number of hydrogen-bond acceptors (Lipinski definition) is 11. The van der Waals surface area contributed by atoms with Crippen molar-refractivity contribution in [2.24, 2.45) is 0 Å². The summed E-state index contributed by atoms with van der Waals surface area (Å²) in [5.74, 6) is -3.35. The molecule has 1 aliphatic rings. The zero-order chi connectivity index (χ0) is 53.3. The monoisotopic (exact) mass is 1020 g/mol.